The van der Waals surface area contributed by atoms with Crippen molar-refractivity contribution in [1.82, 2.24) is 0 Å². The number of methoxy groups -OCH3 is 1. The molecule has 0 aliphatic heterocycles. The van der Waals surface area contributed by atoms with Crippen molar-refractivity contribution in [3.8, 4) is 5.75 Å². The lowest BCUT2D eigenvalue weighted by atomic mass is 10.0. The van der Waals surface area contributed by atoms with Gasteiger partial charge in [0.05, 0.1) is 17.7 Å². The van der Waals surface area contributed by atoms with Crippen LogP contribution in [0.4, 0.5) is 0 Å². The van der Waals surface area contributed by atoms with Gasteiger partial charge < -0.3 is 9.84 Å². The number of aryl methyl sites for hydroxylation is 1. The first-order valence-corrected chi connectivity index (χ1v) is 5.01. The summed E-state index contributed by atoms with van der Waals surface area (Å²) in [7, 11) is 1.59. The summed E-state index contributed by atoms with van der Waals surface area (Å²) in [5.74, 6) is 0.664. The van der Waals surface area contributed by atoms with E-state index in [4.69, 9.17) is 16.3 Å². The number of aliphatic hydroxyl groups is 1. The van der Waals surface area contributed by atoms with Gasteiger partial charge in [-0.15, -0.1) is 0 Å². The third kappa shape index (κ3) is 1.49. The van der Waals surface area contributed by atoms with Gasteiger partial charge in [0.2, 0.25) is 0 Å². The minimum atomic E-state index is -0.625. The third-order valence-corrected chi connectivity index (χ3v) is 3.02. The molecule has 2 rings (SSSR count). The number of rotatable bonds is 2. The number of hydrogen-bond donors (Lipinski definition) is 1. The summed E-state index contributed by atoms with van der Waals surface area (Å²) in [5, 5.41) is 10.5. The van der Waals surface area contributed by atoms with Crippen LogP contribution >= 0.6 is 11.6 Å². The lowest BCUT2D eigenvalue weighted by Gasteiger charge is -2.14. The summed E-state index contributed by atoms with van der Waals surface area (Å²) < 4.78 is 5.10. The summed E-state index contributed by atoms with van der Waals surface area (Å²) in [6, 6.07) is 3.68. The molecule has 0 aromatic heterocycles. The van der Waals surface area contributed by atoms with Crippen molar-refractivity contribution in [3.05, 3.63) is 28.3 Å². The van der Waals surface area contributed by atoms with Crippen molar-refractivity contribution in [2.75, 3.05) is 7.11 Å². The zero-order chi connectivity index (χ0) is 10.3. The monoisotopic (exact) mass is 212 g/mol. The molecule has 1 saturated carbocycles. The summed E-state index contributed by atoms with van der Waals surface area (Å²) in [4.78, 5) is 0. The maximum absolute atomic E-state index is 9.97. The van der Waals surface area contributed by atoms with Gasteiger partial charge in [-0.2, -0.15) is 0 Å². The van der Waals surface area contributed by atoms with E-state index in [0.717, 1.165) is 24.0 Å². The van der Waals surface area contributed by atoms with Gasteiger partial charge in [0.1, 0.15) is 5.75 Å². The van der Waals surface area contributed by atoms with E-state index in [1.165, 1.54) is 0 Å². The molecule has 3 heteroatoms. The van der Waals surface area contributed by atoms with Crippen LogP contribution in [0.25, 0.3) is 0 Å². The van der Waals surface area contributed by atoms with Crippen molar-refractivity contribution in [3.63, 3.8) is 0 Å². The molecule has 1 aromatic rings. The first kappa shape index (κ1) is 9.81. The number of ether oxygens (including phenoxy) is 1. The van der Waals surface area contributed by atoms with Crippen LogP contribution in [0.5, 0.6) is 5.75 Å². The van der Waals surface area contributed by atoms with E-state index in [1.807, 2.05) is 19.1 Å². The Hall–Kier alpha value is -0.730. The molecule has 0 spiro atoms. The second-order valence-corrected chi connectivity index (χ2v) is 4.24. The van der Waals surface area contributed by atoms with Crippen molar-refractivity contribution >= 4 is 11.6 Å². The van der Waals surface area contributed by atoms with E-state index in [-0.39, 0.29) is 0 Å². The minimum Gasteiger partial charge on any atom is -0.495 e. The molecule has 76 valence electrons. The van der Waals surface area contributed by atoms with E-state index in [2.05, 4.69) is 0 Å². The summed E-state index contributed by atoms with van der Waals surface area (Å²) in [6.07, 6.45) is 1.66. The predicted molar refractivity (Wildman–Crippen MR) is 55.9 cm³/mol. The zero-order valence-corrected chi connectivity index (χ0v) is 9.06. The quantitative estimate of drug-likeness (QED) is 0.817. The second kappa shape index (κ2) is 3.14. The number of halogens is 1. The molecule has 1 N–H and O–H groups in total. The SMILES string of the molecule is COc1cc(C)c(C2(O)CC2)cc1Cl. The van der Waals surface area contributed by atoms with Gasteiger partial charge in [0.15, 0.2) is 0 Å². The molecule has 0 amide bonds. The van der Waals surface area contributed by atoms with Gasteiger partial charge in [-0.05, 0) is 43.0 Å². The molecule has 0 unspecified atom stereocenters. The molecule has 1 aromatic carbocycles. The van der Waals surface area contributed by atoms with Crippen molar-refractivity contribution in [1.29, 1.82) is 0 Å². The molecule has 0 radical (unpaired) electrons. The molecule has 0 bridgehead atoms. The maximum atomic E-state index is 9.97. The molecular weight excluding hydrogens is 200 g/mol. The molecule has 1 aliphatic rings. The molecule has 2 nitrogen and oxygen atoms in total. The number of benzene rings is 1. The van der Waals surface area contributed by atoms with E-state index in [9.17, 15) is 5.11 Å². The topological polar surface area (TPSA) is 29.5 Å². The average Bonchev–Trinajstić information content (AvgIpc) is 2.88. The Bertz CT molecular complexity index is 370. The highest BCUT2D eigenvalue weighted by Gasteiger charge is 2.43. The molecular formula is C11H13ClO2. The van der Waals surface area contributed by atoms with Crippen molar-refractivity contribution in [2.45, 2.75) is 25.4 Å². The second-order valence-electron chi connectivity index (χ2n) is 3.83. The highest BCUT2D eigenvalue weighted by Crippen LogP contribution is 2.48. The lowest BCUT2D eigenvalue weighted by molar-refractivity contribution is 0.150. The lowest BCUT2D eigenvalue weighted by Crippen LogP contribution is -2.06. The van der Waals surface area contributed by atoms with Gasteiger partial charge in [0.25, 0.3) is 0 Å². The van der Waals surface area contributed by atoms with Crippen molar-refractivity contribution < 1.29 is 9.84 Å². The van der Waals surface area contributed by atoms with E-state index >= 15 is 0 Å². The zero-order valence-electron chi connectivity index (χ0n) is 8.30. The van der Waals surface area contributed by atoms with E-state index in [0.29, 0.717) is 10.8 Å². The van der Waals surface area contributed by atoms with Crippen LogP contribution in [0.2, 0.25) is 5.02 Å². The normalized spacial score (nSPS) is 18.0. The Morgan fingerprint density at radius 1 is 1.43 bits per heavy atom. The van der Waals surface area contributed by atoms with Gasteiger partial charge in [-0.25, -0.2) is 0 Å². The van der Waals surface area contributed by atoms with Crippen LogP contribution in [0, 0.1) is 6.92 Å². The first-order valence-electron chi connectivity index (χ1n) is 4.64. The van der Waals surface area contributed by atoms with Gasteiger partial charge in [-0.1, -0.05) is 11.6 Å². The first-order chi connectivity index (χ1) is 6.57. The fourth-order valence-corrected chi connectivity index (χ4v) is 1.94. The van der Waals surface area contributed by atoms with Gasteiger partial charge >= 0.3 is 0 Å². The minimum absolute atomic E-state index is 0.563. The average molecular weight is 213 g/mol. The fourth-order valence-electron chi connectivity index (χ4n) is 1.70. The Kier molecular flexibility index (Phi) is 2.20. The molecule has 0 heterocycles. The van der Waals surface area contributed by atoms with Gasteiger partial charge in [-0.3, -0.25) is 0 Å². The van der Waals surface area contributed by atoms with Crippen molar-refractivity contribution in [2.24, 2.45) is 0 Å². The molecule has 1 fully saturated rings. The van der Waals surface area contributed by atoms with E-state index < -0.39 is 5.60 Å². The number of hydrogen-bond acceptors (Lipinski definition) is 2. The highest BCUT2D eigenvalue weighted by atomic mass is 35.5. The van der Waals surface area contributed by atoms with Crippen LogP contribution in [0.3, 0.4) is 0 Å². The summed E-state index contributed by atoms with van der Waals surface area (Å²) in [5.41, 5.74) is 1.34. The fraction of sp³-hybridized carbons (Fsp3) is 0.455. The third-order valence-electron chi connectivity index (χ3n) is 2.72. The van der Waals surface area contributed by atoms with Crippen LogP contribution in [-0.2, 0) is 5.60 Å². The van der Waals surface area contributed by atoms with Crippen LogP contribution in [-0.4, -0.2) is 12.2 Å². The largest absolute Gasteiger partial charge is 0.495 e. The Labute approximate surface area is 88.5 Å². The van der Waals surface area contributed by atoms with Crippen LogP contribution in [0.1, 0.15) is 24.0 Å². The highest BCUT2D eigenvalue weighted by molar-refractivity contribution is 6.32. The van der Waals surface area contributed by atoms with Crippen LogP contribution < -0.4 is 4.74 Å². The maximum Gasteiger partial charge on any atom is 0.137 e. The predicted octanol–water partition coefficient (Wildman–Crippen LogP) is 2.64. The summed E-state index contributed by atoms with van der Waals surface area (Å²) >= 11 is 6.00. The smallest absolute Gasteiger partial charge is 0.137 e. The van der Waals surface area contributed by atoms with E-state index in [1.54, 1.807) is 7.11 Å². The summed E-state index contributed by atoms with van der Waals surface area (Å²) in [6.45, 7) is 1.96. The Morgan fingerprint density at radius 2 is 2.07 bits per heavy atom. The standard InChI is InChI=1S/C11H13ClO2/c1-7-5-10(14-2)9(12)6-8(7)11(13)3-4-11/h5-6,13H,3-4H2,1-2H3. The Morgan fingerprint density at radius 3 is 2.57 bits per heavy atom. The van der Waals surface area contributed by atoms with Crippen LogP contribution in [0.15, 0.2) is 12.1 Å². The molecule has 0 saturated heterocycles. The molecule has 1 aliphatic carbocycles. The van der Waals surface area contributed by atoms with Gasteiger partial charge in [0, 0.05) is 0 Å². The Balaban J connectivity index is 2.48. The molecule has 14 heavy (non-hydrogen) atoms. The molecule has 0 atom stereocenters.